The van der Waals surface area contributed by atoms with E-state index in [1.165, 1.54) is 11.0 Å². The highest BCUT2D eigenvalue weighted by molar-refractivity contribution is 6.07. The third-order valence-corrected chi connectivity index (χ3v) is 10.8. The van der Waals surface area contributed by atoms with E-state index < -0.39 is 17.9 Å². The van der Waals surface area contributed by atoms with Crippen LogP contribution in [0, 0.1) is 5.92 Å². The molecule has 0 radical (unpaired) electrons. The number of carbonyl (C=O) groups excluding carboxylic acids is 5. The molecule has 3 aliphatic rings. The van der Waals surface area contributed by atoms with Crippen LogP contribution in [-0.4, -0.2) is 86.6 Å². The minimum absolute atomic E-state index is 0.0283. The van der Waals surface area contributed by atoms with Crippen molar-refractivity contribution < 1.29 is 33.8 Å². The van der Waals surface area contributed by atoms with E-state index in [0.717, 1.165) is 11.1 Å². The summed E-state index contributed by atoms with van der Waals surface area (Å²) >= 11 is 0. The molecule has 7 rings (SSSR count). The summed E-state index contributed by atoms with van der Waals surface area (Å²) in [5, 5.41) is 28.4. The lowest BCUT2D eigenvalue weighted by Crippen LogP contribution is -2.52. The molecule has 4 heterocycles. The second-order valence-corrected chi connectivity index (χ2v) is 15.4. The normalized spacial score (nSPS) is 17.2. The maximum Gasteiger partial charge on any atom is 0.289 e. The molecule has 2 fully saturated rings. The molecule has 2 saturated heterocycles. The second-order valence-electron chi connectivity index (χ2n) is 15.4. The van der Waals surface area contributed by atoms with Crippen molar-refractivity contribution in [2.45, 2.75) is 84.5 Å². The molecule has 3 aliphatic heterocycles. The summed E-state index contributed by atoms with van der Waals surface area (Å²) in [7, 11) is 1.54. The molecule has 3 aromatic carbocycles. The fourth-order valence-corrected chi connectivity index (χ4v) is 7.90. The average Bonchev–Trinajstić information content (AvgIpc) is 3.78. The Morgan fingerprint density at radius 1 is 0.982 bits per heavy atom. The van der Waals surface area contributed by atoms with E-state index in [1.807, 2.05) is 58.0 Å². The molecule has 15 nitrogen and oxygen atoms in total. The topological polar surface area (TPSA) is 188 Å². The van der Waals surface area contributed by atoms with Crippen LogP contribution < -0.4 is 25.6 Å². The molecule has 1 aromatic heterocycles. The molecular formula is C42H48N8O7. The molecule has 5 amide bonds. The quantitative estimate of drug-likeness (QED) is 0.161. The number of hydrogen-bond acceptors (Lipinski definition) is 10. The number of piperidine rings is 2. The van der Waals surface area contributed by atoms with E-state index in [9.17, 15) is 29.1 Å². The van der Waals surface area contributed by atoms with Crippen LogP contribution in [0.4, 0.5) is 5.69 Å². The molecule has 15 heteroatoms. The van der Waals surface area contributed by atoms with E-state index in [1.54, 1.807) is 34.8 Å². The number of fused-ring (bicyclic) bond motifs is 1. The highest BCUT2D eigenvalue weighted by Gasteiger charge is 2.41. The highest BCUT2D eigenvalue weighted by atomic mass is 16.5. The van der Waals surface area contributed by atoms with Crippen molar-refractivity contribution in [3.05, 3.63) is 82.7 Å². The maximum absolute atomic E-state index is 14.5. The Morgan fingerprint density at radius 3 is 2.39 bits per heavy atom. The molecule has 4 N–H and O–H groups in total. The maximum atomic E-state index is 14.5. The predicted molar refractivity (Wildman–Crippen MR) is 211 cm³/mol. The first-order valence-electron chi connectivity index (χ1n) is 19.4. The van der Waals surface area contributed by atoms with Gasteiger partial charge in [-0.2, -0.15) is 0 Å². The number of benzene rings is 3. The predicted octanol–water partition coefficient (Wildman–Crippen LogP) is 4.20. The van der Waals surface area contributed by atoms with Crippen molar-refractivity contribution in [2.75, 3.05) is 25.1 Å². The molecule has 57 heavy (non-hydrogen) atoms. The van der Waals surface area contributed by atoms with Crippen molar-refractivity contribution in [1.29, 1.82) is 0 Å². The molecule has 0 bridgehead atoms. The van der Waals surface area contributed by atoms with Crippen LogP contribution in [0.3, 0.4) is 0 Å². The number of hydrogen-bond donors (Lipinski definition) is 4. The summed E-state index contributed by atoms with van der Waals surface area (Å²) in [6, 6.07) is 15.0. The minimum atomic E-state index is -0.788. The minimum Gasteiger partial charge on any atom is -0.507 e. The first-order valence-corrected chi connectivity index (χ1v) is 19.4. The fraction of sp³-hybridized carbons (Fsp3) is 0.405. The SMILES string of the molecule is COc1cc(O)c(-c2nnc(C(=O)NC(C)C)n2-c2ccc(CN(C(=O)C3CCNCC3)c3cccc4c3CN(C3CCC(=O)NC3=O)C4=O)cc2)cc1C(C)C. The number of phenolic OH excluding ortho intramolecular Hbond substituents is 1. The lowest BCUT2D eigenvalue weighted by Gasteiger charge is -2.32. The van der Waals surface area contributed by atoms with Gasteiger partial charge in [-0.3, -0.25) is 33.9 Å². The van der Waals surface area contributed by atoms with Crippen molar-refractivity contribution in [2.24, 2.45) is 5.92 Å². The number of methoxy groups -OCH3 is 1. The lowest BCUT2D eigenvalue weighted by molar-refractivity contribution is -0.137. The van der Waals surface area contributed by atoms with Gasteiger partial charge in [0.05, 0.1) is 19.2 Å². The number of anilines is 1. The number of phenols is 1. The summed E-state index contributed by atoms with van der Waals surface area (Å²) in [5.74, 6) is -1.14. The number of imide groups is 1. The van der Waals surface area contributed by atoms with E-state index in [2.05, 4.69) is 26.1 Å². The molecule has 1 atom stereocenters. The van der Waals surface area contributed by atoms with Gasteiger partial charge in [0.15, 0.2) is 5.82 Å². The Balaban J connectivity index is 1.26. The van der Waals surface area contributed by atoms with Gasteiger partial charge in [-0.1, -0.05) is 32.0 Å². The molecule has 298 valence electrons. The third-order valence-electron chi connectivity index (χ3n) is 10.8. The Hall–Kier alpha value is -6.09. The number of nitrogens with one attached hydrogen (secondary N) is 3. The van der Waals surface area contributed by atoms with E-state index in [-0.39, 0.29) is 78.9 Å². The van der Waals surface area contributed by atoms with E-state index in [4.69, 9.17) is 4.74 Å². The lowest BCUT2D eigenvalue weighted by atomic mass is 9.95. The Morgan fingerprint density at radius 2 is 1.72 bits per heavy atom. The molecule has 4 aromatic rings. The van der Waals surface area contributed by atoms with Gasteiger partial charge in [-0.05, 0) is 93.6 Å². The van der Waals surface area contributed by atoms with Crippen LogP contribution in [0.15, 0.2) is 54.6 Å². The number of amides is 5. The third kappa shape index (κ3) is 7.71. The van der Waals surface area contributed by atoms with E-state index in [0.29, 0.717) is 59.7 Å². The Bertz CT molecular complexity index is 2230. The number of rotatable bonds is 11. The van der Waals surface area contributed by atoms with Crippen LogP contribution in [0.25, 0.3) is 17.1 Å². The van der Waals surface area contributed by atoms with Crippen molar-refractivity contribution in [3.63, 3.8) is 0 Å². The number of ether oxygens (including phenoxy) is 1. The van der Waals surface area contributed by atoms with Gasteiger partial charge in [0.25, 0.3) is 11.8 Å². The summed E-state index contributed by atoms with van der Waals surface area (Å²) in [6.07, 6.45) is 1.70. The zero-order valence-electron chi connectivity index (χ0n) is 32.8. The van der Waals surface area contributed by atoms with Crippen LogP contribution in [-0.2, 0) is 27.5 Å². The molecule has 0 aliphatic carbocycles. The van der Waals surface area contributed by atoms with Gasteiger partial charge in [-0.25, -0.2) is 0 Å². The van der Waals surface area contributed by atoms with Crippen molar-refractivity contribution >= 4 is 35.2 Å². The van der Waals surface area contributed by atoms with Crippen LogP contribution in [0.2, 0.25) is 0 Å². The Kier molecular flexibility index (Phi) is 11.1. The standard InChI is InChI=1S/C42H48N8O7/c1-23(2)29-19-30(34(51)20-35(29)57-5)37-46-47-38(40(54)44-24(3)4)50(37)27-11-9-25(10-12-27)21-48(41(55)26-15-17-43-18-16-26)32-8-6-7-28-31(32)22-49(42(28)56)33-13-14-36(52)45-39(33)53/h6-12,19-20,23-24,26,33,43,51H,13-18,21-22H2,1-5H3,(H,44,54)(H,45,52,53). The smallest absolute Gasteiger partial charge is 0.289 e. The zero-order chi connectivity index (χ0) is 40.5. The summed E-state index contributed by atoms with van der Waals surface area (Å²) < 4.78 is 7.14. The summed E-state index contributed by atoms with van der Waals surface area (Å²) in [4.78, 5) is 69.6. The van der Waals surface area contributed by atoms with E-state index >= 15 is 0 Å². The number of carbonyl (C=O) groups is 5. The zero-order valence-corrected chi connectivity index (χ0v) is 32.8. The molecule has 0 spiro atoms. The highest BCUT2D eigenvalue weighted by Crippen LogP contribution is 2.40. The van der Waals surface area contributed by atoms with Gasteiger partial charge >= 0.3 is 0 Å². The number of aromatic hydroxyl groups is 1. The monoisotopic (exact) mass is 776 g/mol. The summed E-state index contributed by atoms with van der Waals surface area (Å²) in [5.41, 5.74) is 4.21. The average molecular weight is 777 g/mol. The molecular weight excluding hydrogens is 729 g/mol. The van der Waals surface area contributed by atoms with Crippen LogP contribution >= 0.6 is 0 Å². The molecule has 0 saturated carbocycles. The van der Waals surface area contributed by atoms with Gasteiger partial charge in [0, 0.05) is 53.5 Å². The van der Waals surface area contributed by atoms with Crippen LogP contribution in [0.1, 0.15) is 97.0 Å². The van der Waals surface area contributed by atoms with Crippen molar-refractivity contribution in [1.82, 2.24) is 35.6 Å². The number of aromatic nitrogens is 3. The fourth-order valence-electron chi connectivity index (χ4n) is 7.90. The van der Waals surface area contributed by atoms with Crippen LogP contribution in [0.5, 0.6) is 11.5 Å². The largest absolute Gasteiger partial charge is 0.507 e. The van der Waals surface area contributed by atoms with Gasteiger partial charge in [0.1, 0.15) is 17.5 Å². The van der Waals surface area contributed by atoms with Gasteiger partial charge in [-0.15, -0.1) is 10.2 Å². The van der Waals surface area contributed by atoms with Gasteiger partial charge < -0.3 is 30.3 Å². The Labute approximate surface area is 330 Å². The summed E-state index contributed by atoms with van der Waals surface area (Å²) in [6.45, 7) is 9.45. The van der Waals surface area contributed by atoms with Gasteiger partial charge in [0.2, 0.25) is 23.5 Å². The second kappa shape index (κ2) is 16.2. The first kappa shape index (κ1) is 39.2. The first-order chi connectivity index (χ1) is 27.4. The molecule has 1 unspecified atom stereocenters. The van der Waals surface area contributed by atoms with Crippen molar-refractivity contribution in [3.8, 4) is 28.6 Å². The number of nitrogens with zero attached hydrogens (tertiary/aromatic N) is 5.